The SMILES string of the molecule is CNP1C2=C(CC1(C)C)C2C. The molecule has 0 bridgehead atoms. The van der Waals surface area contributed by atoms with E-state index in [4.69, 9.17) is 0 Å². The highest BCUT2D eigenvalue weighted by atomic mass is 31.1. The van der Waals surface area contributed by atoms with Crippen molar-refractivity contribution in [1.82, 2.24) is 5.09 Å². The summed E-state index contributed by atoms with van der Waals surface area (Å²) >= 11 is 0. The molecule has 0 saturated heterocycles. The smallest absolute Gasteiger partial charge is 0.00551 e. The number of allylic oxidation sites excluding steroid dienone is 2. The summed E-state index contributed by atoms with van der Waals surface area (Å²) in [7, 11) is 2.12. The van der Waals surface area contributed by atoms with Crippen LogP contribution in [0, 0.1) is 5.92 Å². The van der Waals surface area contributed by atoms with E-state index in [2.05, 4.69) is 32.9 Å². The maximum atomic E-state index is 3.48. The maximum absolute atomic E-state index is 3.48. The van der Waals surface area contributed by atoms with E-state index in [1.807, 2.05) is 0 Å². The molecule has 2 heteroatoms. The number of hydrogen-bond donors (Lipinski definition) is 1. The quantitative estimate of drug-likeness (QED) is 0.595. The molecule has 0 fully saturated rings. The molecule has 0 radical (unpaired) electrons. The van der Waals surface area contributed by atoms with Crippen LogP contribution in [0.15, 0.2) is 10.9 Å². The van der Waals surface area contributed by atoms with Crippen molar-refractivity contribution in [2.75, 3.05) is 7.05 Å². The second kappa shape index (κ2) is 2.08. The fourth-order valence-electron chi connectivity index (χ4n) is 2.25. The molecule has 1 aliphatic carbocycles. The van der Waals surface area contributed by atoms with Crippen LogP contribution in [-0.2, 0) is 0 Å². The van der Waals surface area contributed by atoms with Gasteiger partial charge < -0.3 is 0 Å². The summed E-state index contributed by atoms with van der Waals surface area (Å²) in [6.07, 6.45) is 1.34. The van der Waals surface area contributed by atoms with Gasteiger partial charge in [-0.3, -0.25) is 5.09 Å². The summed E-state index contributed by atoms with van der Waals surface area (Å²) in [5, 5.41) is 5.80. The van der Waals surface area contributed by atoms with Crippen LogP contribution in [0.1, 0.15) is 27.2 Å². The zero-order valence-electron chi connectivity index (χ0n) is 7.73. The van der Waals surface area contributed by atoms with Gasteiger partial charge in [-0.05, 0) is 26.9 Å². The Morgan fingerprint density at radius 3 is 2.55 bits per heavy atom. The lowest BCUT2D eigenvalue weighted by Crippen LogP contribution is -2.22. The first-order chi connectivity index (χ1) is 5.08. The van der Waals surface area contributed by atoms with Gasteiger partial charge in [0.25, 0.3) is 0 Å². The van der Waals surface area contributed by atoms with Gasteiger partial charge >= 0.3 is 0 Å². The molecule has 1 heterocycles. The third-order valence-electron chi connectivity index (χ3n) is 2.87. The molecule has 2 atom stereocenters. The van der Waals surface area contributed by atoms with Crippen LogP contribution in [0.25, 0.3) is 0 Å². The van der Waals surface area contributed by atoms with E-state index in [0.29, 0.717) is 5.16 Å². The van der Waals surface area contributed by atoms with Crippen LogP contribution in [0.4, 0.5) is 0 Å². The summed E-state index contributed by atoms with van der Waals surface area (Å²) < 4.78 is 0. The van der Waals surface area contributed by atoms with E-state index < -0.39 is 0 Å². The molecule has 0 aromatic rings. The summed E-state index contributed by atoms with van der Waals surface area (Å²) in [6, 6.07) is 0. The Hall–Kier alpha value is 0.130. The van der Waals surface area contributed by atoms with Gasteiger partial charge in [-0.2, -0.15) is 0 Å². The van der Waals surface area contributed by atoms with Crippen molar-refractivity contribution in [3.8, 4) is 0 Å². The van der Waals surface area contributed by atoms with Crippen molar-refractivity contribution in [1.29, 1.82) is 0 Å². The molecule has 0 saturated carbocycles. The Morgan fingerprint density at radius 1 is 1.55 bits per heavy atom. The van der Waals surface area contributed by atoms with Crippen LogP contribution < -0.4 is 5.09 Å². The number of nitrogens with one attached hydrogen (secondary N) is 1. The molecule has 62 valence electrons. The topological polar surface area (TPSA) is 12.0 Å². The van der Waals surface area contributed by atoms with Gasteiger partial charge in [0.2, 0.25) is 0 Å². The normalized spacial score (nSPS) is 39.3. The number of rotatable bonds is 1. The molecule has 1 aliphatic heterocycles. The van der Waals surface area contributed by atoms with Crippen molar-refractivity contribution >= 4 is 8.07 Å². The summed E-state index contributed by atoms with van der Waals surface area (Å²) in [4.78, 5) is 0. The van der Waals surface area contributed by atoms with Gasteiger partial charge in [0.1, 0.15) is 0 Å². The molecule has 11 heavy (non-hydrogen) atoms. The van der Waals surface area contributed by atoms with Gasteiger partial charge in [0.15, 0.2) is 0 Å². The fourth-order valence-corrected chi connectivity index (χ4v) is 5.12. The zero-order valence-corrected chi connectivity index (χ0v) is 8.63. The predicted molar refractivity (Wildman–Crippen MR) is 50.9 cm³/mol. The Labute approximate surface area is 70.1 Å². The van der Waals surface area contributed by atoms with E-state index >= 15 is 0 Å². The Kier molecular flexibility index (Phi) is 1.47. The highest BCUT2D eigenvalue weighted by molar-refractivity contribution is 7.62. The first kappa shape index (κ1) is 7.76. The molecule has 0 aromatic carbocycles. The molecule has 0 amide bonds. The van der Waals surface area contributed by atoms with E-state index in [9.17, 15) is 0 Å². The van der Waals surface area contributed by atoms with Crippen molar-refractivity contribution in [2.24, 2.45) is 5.92 Å². The van der Waals surface area contributed by atoms with Crippen LogP contribution in [0.5, 0.6) is 0 Å². The van der Waals surface area contributed by atoms with E-state index in [1.165, 1.54) is 6.42 Å². The van der Waals surface area contributed by atoms with Gasteiger partial charge in [-0.15, -0.1) is 0 Å². The number of hydrogen-bond acceptors (Lipinski definition) is 1. The minimum atomic E-state index is 0.0170. The summed E-state index contributed by atoms with van der Waals surface area (Å²) in [6.45, 7) is 7.11. The molecule has 0 spiro atoms. The van der Waals surface area contributed by atoms with Crippen LogP contribution in [0.3, 0.4) is 0 Å². The lowest BCUT2D eigenvalue weighted by Gasteiger charge is -2.31. The van der Waals surface area contributed by atoms with Crippen molar-refractivity contribution in [3.05, 3.63) is 10.9 Å². The highest BCUT2D eigenvalue weighted by Gasteiger charge is 2.51. The van der Waals surface area contributed by atoms with Crippen molar-refractivity contribution in [3.63, 3.8) is 0 Å². The molecular formula is C9H16NP. The second-order valence-electron chi connectivity index (χ2n) is 4.18. The first-order valence-corrected chi connectivity index (χ1v) is 5.62. The molecular weight excluding hydrogens is 153 g/mol. The summed E-state index contributed by atoms with van der Waals surface area (Å²) in [5.74, 6) is 0.863. The minimum Gasteiger partial charge on any atom is -0.295 e. The van der Waals surface area contributed by atoms with Gasteiger partial charge in [-0.1, -0.05) is 26.3 Å². The average molecular weight is 169 g/mol. The average Bonchev–Trinajstić information content (AvgIpc) is 2.44. The third kappa shape index (κ3) is 0.910. The van der Waals surface area contributed by atoms with Crippen molar-refractivity contribution in [2.45, 2.75) is 32.3 Å². The minimum absolute atomic E-state index is 0.0170. The Bertz CT molecular complexity index is 230. The zero-order chi connectivity index (χ0) is 8.22. The molecule has 2 rings (SSSR count). The largest absolute Gasteiger partial charge is 0.295 e. The second-order valence-corrected chi connectivity index (χ2v) is 6.99. The van der Waals surface area contributed by atoms with E-state index in [1.54, 1.807) is 10.9 Å². The molecule has 0 aromatic heterocycles. The third-order valence-corrected chi connectivity index (χ3v) is 5.84. The first-order valence-electron chi connectivity index (χ1n) is 4.28. The Morgan fingerprint density at radius 2 is 2.18 bits per heavy atom. The van der Waals surface area contributed by atoms with Crippen molar-refractivity contribution < 1.29 is 0 Å². The predicted octanol–water partition coefficient (Wildman–Crippen LogP) is 2.69. The molecule has 2 unspecified atom stereocenters. The van der Waals surface area contributed by atoms with Gasteiger partial charge in [0.05, 0.1) is 0 Å². The van der Waals surface area contributed by atoms with Gasteiger partial charge in [0, 0.05) is 11.1 Å². The Balaban J connectivity index is 2.19. The fraction of sp³-hybridized carbons (Fsp3) is 0.778. The summed E-state index contributed by atoms with van der Waals surface area (Å²) in [5.41, 5.74) is 1.76. The highest BCUT2D eigenvalue weighted by Crippen LogP contribution is 2.73. The monoisotopic (exact) mass is 169 g/mol. The van der Waals surface area contributed by atoms with E-state index in [0.717, 1.165) is 5.92 Å². The maximum Gasteiger partial charge on any atom is 0.00551 e. The van der Waals surface area contributed by atoms with E-state index in [-0.39, 0.29) is 8.07 Å². The molecule has 1 N–H and O–H groups in total. The standard InChI is InChI=1S/C9H16NP/c1-6-7-5-9(2,3)11(10-4)8(6)7/h6,10H,5H2,1-4H3. The van der Waals surface area contributed by atoms with Crippen LogP contribution in [-0.4, -0.2) is 12.2 Å². The lowest BCUT2D eigenvalue weighted by molar-refractivity contribution is 0.673. The van der Waals surface area contributed by atoms with Crippen LogP contribution in [0.2, 0.25) is 0 Å². The van der Waals surface area contributed by atoms with Crippen LogP contribution >= 0.6 is 8.07 Å². The lowest BCUT2D eigenvalue weighted by atomic mass is 10.1. The molecule has 1 nitrogen and oxygen atoms in total. The molecule has 2 aliphatic rings. The van der Waals surface area contributed by atoms with Gasteiger partial charge in [-0.25, -0.2) is 0 Å².